The number of hydrogen-bond donors (Lipinski definition) is 2. The average molecular weight is 339 g/mol. The maximum absolute atomic E-state index is 12.1. The van der Waals surface area contributed by atoms with Crippen LogP contribution >= 0.6 is 0 Å². The number of carbonyl (C=O) groups is 2. The number of rotatable bonds is 7. The van der Waals surface area contributed by atoms with E-state index in [4.69, 9.17) is 4.74 Å². The molecule has 0 bridgehead atoms. The van der Waals surface area contributed by atoms with Gasteiger partial charge in [-0.1, -0.05) is 0 Å². The first-order chi connectivity index (χ1) is 11.4. The number of amides is 1. The van der Waals surface area contributed by atoms with Crippen molar-refractivity contribution in [2.45, 2.75) is 52.0 Å². The lowest BCUT2D eigenvalue weighted by Gasteiger charge is -2.34. The highest BCUT2D eigenvalue weighted by molar-refractivity contribution is 5.82. The van der Waals surface area contributed by atoms with Crippen molar-refractivity contribution in [1.29, 1.82) is 0 Å². The Labute approximate surface area is 145 Å². The fourth-order valence-electron chi connectivity index (χ4n) is 3.61. The zero-order chi connectivity index (χ0) is 17.6. The van der Waals surface area contributed by atoms with E-state index in [9.17, 15) is 9.59 Å². The van der Waals surface area contributed by atoms with Crippen LogP contribution in [0.5, 0.6) is 0 Å². The molecule has 0 aromatic rings. The van der Waals surface area contributed by atoms with E-state index in [1.54, 1.807) is 0 Å². The van der Waals surface area contributed by atoms with Crippen LogP contribution in [-0.4, -0.2) is 62.7 Å². The Morgan fingerprint density at radius 3 is 2.75 bits per heavy atom. The van der Waals surface area contributed by atoms with Crippen molar-refractivity contribution >= 4 is 11.9 Å². The molecule has 6 nitrogen and oxygen atoms in total. The Balaban J connectivity index is 1.71. The summed E-state index contributed by atoms with van der Waals surface area (Å²) in [6.45, 7) is 8.56. The summed E-state index contributed by atoms with van der Waals surface area (Å²) in [7, 11) is 1.45. The van der Waals surface area contributed by atoms with Crippen LogP contribution in [0.4, 0.5) is 0 Å². The number of hydrogen-bond acceptors (Lipinski definition) is 5. The number of ether oxygens (including phenoxy) is 1. The van der Waals surface area contributed by atoms with E-state index < -0.39 is 5.41 Å². The highest BCUT2D eigenvalue weighted by Crippen LogP contribution is 2.24. The van der Waals surface area contributed by atoms with E-state index >= 15 is 0 Å². The molecule has 2 rings (SSSR count). The molecule has 6 heteroatoms. The number of esters is 1. The Kier molecular flexibility index (Phi) is 7.04. The minimum atomic E-state index is -0.440. The first-order valence-electron chi connectivity index (χ1n) is 9.24. The van der Waals surface area contributed by atoms with Gasteiger partial charge >= 0.3 is 5.97 Å². The van der Waals surface area contributed by atoms with E-state index in [0.29, 0.717) is 5.92 Å². The maximum atomic E-state index is 12.1. The summed E-state index contributed by atoms with van der Waals surface area (Å²) in [4.78, 5) is 26.3. The van der Waals surface area contributed by atoms with Crippen LogP contribution in [0.1, 0.15) is 46.0 Å². The van der Waals surface area contributed by atoms with Crippen LogP contribution in [0.25, 0.3) is 0 Å². The summed E-state index contributed by atoms with van der Waals surface area (Å²) in [5.74, 6) is 0.508. The second-order valence-electron chi connectivity index (χ2n) is 7.83. The molecule has 0 aliphatic carbocycles. The third-order valence-corrected chi connectivity index (χ3v) is 5.34. The molecule has 2 atom stereocenters. The number of carbonyl (C=O) groups excluding carboxylic acids is 2. The summed E-state index contributed by atoms with van der Waals surface area (Å²) in [6, 6.07) is 0.00514. The lowest BCUT2D eigenvalue weighted by molar-refractivity contribution is -0.151. The molecule has 138 valence electrons. The zero-order valence-electron chi connectivity index (χ0n) is 15.4. The quantitative estimate of drug-likeness (QED) is 0.681. The monoisotopic (exact) mass is 339 g/mol. The van der Waals surface area contributed by atoms with Gasteiger partial charge in [-0.05, 0) is 71.5 Å². The molecule has 2 heterocycles. The van der Waals surface area contributed by atoms with Crippen LogP contribution < -0.4 is 10.6 Å². The third kappa shape index (κ3) is 5.45. The number of nitrogens with zero attached hydrogens (tertiary/aromatic N) is 1. The van der Waals surface area contributed by atoms with E-state index in [1.807, 2.05) is 13.8 Å². The number of likely N-dealkylation sites (tertiary alicyclic amines) is 1. The summed E-state index contributed by atoms with van der Waals surface area (Å²) in [5.41, 5.74) is -0.440. The minimum Gasteiger partial charge on any atom is -0.469 e. The van der Waals surface area contributed by atoms with Gasteiger partial charge in [-0.2, -0.15) is 0 Å². The standard InChI is InChI=1S/C18H33N3O3/c1-18(2,17(23)24-3)8-11-21-10-5-6-14(13-21)12-20-16(22)15-7-4-9-19-15/h14-15,19H,4-13H2,1-3H3,(H,20,22). The first-order valence-corrected chi connectivity index (χ1v) is 9.24. The molecule has 24 heavy (non-hydrogen) atoms. The number of piperidine rings is 1. The summed E-state index contributed by atoms with van der Waals surface area (Å²) in [5, 5.41) is 6.35. The molecule has 0 saturated carbocycles. The maximum Gasteiger partial charge on any atom is 0.311 e. The first kappa shape index (κ1) is 19.2. The van der Waals surface area contributed by atoms with Gasteiger partial charge in [0.25, 0.3) is 0 Å². The normalized spacial score (nSPS) is 25.5. The SMILES string of the molecule is COC(=O)C(C)(C)CCN1CCCC(CNC(=O)C2CCCN2)C1. The fourth-order valence-corrected chi connectivity index (χ4v) is 3.61. The molecule has 1 amide bonds. The second-order valence-corrected chi connectivity index (χ2v) is 7.83. The molecule has 0 aromatic heterocycles. The highest BCUT2D eigenvalue weighted by Gasteiger charge is 2.30. The van der Waals surface area contributed by atoms with Gasteiger partial charge in [0.05, 0.1) is 18.6 Å². The predicted molar refractivity (Wildman–Crippen MR) is 93.6 cm³/mol. The lowest BCUT2D eigenvalue weighted by atomic mass is 9.88. The van der Waals surface area contributed by atoms with E-state index in [0.717, 1.165) is 64.8 Å². The highest BCUT2D eigenvalue weighted by atomic mass is 16.5. The molecule has 2 N–H and O–H groups in total. The average Bonchev–Trinajstić information content (AvgIpc) is 3.12. The van der Waals surface area contributed by atoms with Crippen LogP contribution in [0.3, 0.4) is 0 Å². The van der Waals surface area contributed by atoms with Crippen molar-refractivity contribution in [2.75, 3.05) is 39.8 Å². The number of methoxy groups -OCH3 is 1. The Hall–Kier alpha value is -1.14. The largest absolute Gasteiger partial charge is 0.469 e. The molecular weight excluding hydrogens is 306 g/mol. The third-order valence-electron chi connectivity index (χ3n) is 5.34. The van der Waals surface area contributed by atoms with E-state index in [1.165, 1.54) is 7.11 Å². The van der Waals surface area contributed by atoms with Crippen molar-refractivity contribution in [2.24, 2.45) is 11.3 Å². The van der Waals surface area contributed by atoms with Crippen molar-refractivity contribution in [1.82, 2.24) is 15.5 Å². The van der Waals surface area contributed by atoms with E-state index in [2.05, 4.69) is 15.5 Å². The van der Waals surface area contributed by atoms with Crippen molar-refractivity contribution in [3.63, 3.8) is 0 Å². The molecule has 0 radical (unpaired) electrons. The molecular formula is C18H33N3O3. The van der Waals surface area contributed by atoms with Gasteiger partial charge < -0.3 is 20.3 Å². The van der Waals surface area contributed by atoms with Crippen molar-refractivity contribution < 1.29 is 14.3 Å². The summed E-state index contributed by atoms with van der Waals surface area (Å²) in [6.07, 6.45) is 5.15. The molecule has 2 fully saturated rings. The smallest absolute Gasteiger partial charge is 0.311 e. The second kappa shape index (κ2) is 8.81. The molecule has 0 spiro atoms. The molecule has 2 aliphatic heterocycles. The van der Waals surface area contributed by atoms with Gasteiger partial charge in [0.2, 0.25) is 5.91 Å². The van der Waals surface area contributed by atoms with Crippen LogP contribution in [0, 0.1) is 11.3 Å². The van der Waals surface area contributed by atoms with Crippen molar-refractivity contribution in [3.8, 4) is 0 Å². The van der Waals surface area contributed by atoms with Gasteiger partial charge in [0, 0.05) is 13.1 Å². The molecule has 0 aromatic carbocycles. The molecule has 2 saturated heterocycles. The number of nitrogens with one attached hydrogen (secondary N) is 2. The van der Waals surface area contributed by atoms with Crippen LogP contribution in [-0.2, 0) is 14.3 Å². The zero-order valence-corrected chi connectivity index (χ0v) is 15.4. The van der Waals surface area contributed by atoms with Gasteiger partial charge in [-0.25, -0.2) is 0 Å². The van der Waals surface area contributed by atoms with Crippen LogP contribution in [0.15, 0.2) is 0 Å². The van der Waals surface area contributed by atoms with Gasteiger partial charge in [-0.15, -0.1) is 0 Å². The van der Waals surface area contributed by atoms with Gasteiger partial charge in [-0.3, -0.25) is 9.59 Å². The van der Waals surface area contributed by atoms with Gasteiger partial charge in [0.1, 0.15) is 0 Å². The summed E-state index contributed by atoms with van der Waals surface area (Å²) >= 11 is 0. The fraction of sp³-hybridized carbons (Fsp3) is 0.889. The Morgan fingerprint density at radius 2 is 2.08 bits per heavy atom. The molecule has 2 aliphatic rings. The molecule has 2 unspecified atom stereocenters. The lowest BCUT2D eigenvalue weighted by Crippen LogP contribution is -2.46. The van der Waals surface area contributed by atoms with Crippen molar-refractivity contribution in [3.05, 3.63) is 0 Å². The topological polar surface area (TPSA) is 70.7 Å². The Morgan fingerprint density at radius 1 is 1.29 bits per heavy atom. The van der Waals surface area contributed by atoms with Gasteiger partial charge in [0.15, 0.2) is 0 Å². The van der Waals surface area contributed by atoms with Crippen LogP contribution in [0.2, 0.25) is 0 Å². The minimum absolute atomic E-state index is 0.00514. The summed E-state index contributed by atoms with van der Waals surface area (Å²) < 4.78 is 4.88. The van der Waals surface area contributed by atoms with E-state index in [-0.39, 0.29) is 17.9 Å². The predicted octanol–water partition coefficient (Wildman–Crippen LogP) is 1.16. The Bertz CT molecular complexity index is 433.